The number of carbonyl (C=O) groups excluding carboxylic acids is 1. The van der Waals surface area contributed by atoms with Gasteiger partial charge in [-0.15, -0.1) is 0 Å². The zero-order valence-electron chi connectivity index (χ0n) is 10.6. The Labute approximate surface area is 107 Å². The number of nitrogens with one attached hydrogen (secondary N) is 1. The first-order valence-electron chi connectivity index (χ1n) is 6.05. The number of amides is 1. The van der Waals surface area contributed by atoms with Crippen LogP contribution in [0.5, 0.6) is 0 Å². The van der Waals surface area contributed by atoms with Crippen LogP contribution in [0.2, 0.25) is 0 Å². The number of anilines is 1. The minimum absolute atomic E-state index is 0.0475. The molecule has 96 valence electrons. The third kappa shape index (κ3) is 5.85. The molecule has 0 aliphatic carbocycles. The van der Waals surface area contributed by atoms with Gasteiger partial charge in [-0.25, -0.2) is 9.97 Å². The Bertz CT molecular complexity index is 431. The van der Waals surface area contributed by atoms with Gasteiger partial charge in [0.15, 0.2) is 0 Å². The van der Waals surface area contributed by atoms with Crippen molar-refractivity contribution in [1.29, 1.82) is 0 Å². The van der Waals surface area contributed by atoms with Gasteiger partial charge in [-0.1, -0.05) is 31.6 Å². The van der Waals surface area contributed by atoms with Crippen LogP contribution >= 0.6 is 0 Å². The number of rotatable bonds is 5. The second-order valence-electron chi connectivity index (χ2n) is 3.87. The van der Waals surface area contributed by atoms with E-state index in [1.54, 1.807) is 12.4 Å². The van der Waals surface area contributed by atoms with Crippen molar-refractivity contribution in [3.05, 3.63) is 18.0 Å². The quantitative estimate of drug-likeness (QED) is 0.602. The number of carbonyl (C=O) groups is 1. The first kappa shape index (κ1) is 14.0. The summed E-state index contributed by atoms with van der Waals surface area (Å²) in [6.45, 7) is 2.45. The summed E-state index contributed by atoms with van der Waals surface area (Å²) in [6, 6.07) is 0. The molecule has 0 unspecified atom stereocenters. The second-order valence-corrected chi connectivity index (χ2v) is 3.87. The molecule has 0 spiro atoms. The number of nitrogens with zero attached hydrogens (tertiary/aromatic N) is 2. The molecule has 0 bridgehead atoms. The average Bonchev–Trinajstić information content (AvgIpc) is 2.37. The van der Waals surface area contributed by atoms with E-state index in [1.807, 2.05) is 0 Å². The van der Waals surface area contributed by atoms with Gasteiger partial charge in [-0.05, 0) is 6.42 Å². The van der Waals surface area contributed by atoms with Gasteiger partial charge >= 0.3 is 0 Å². The van der Waals surface area contributed by atoms with E-state index in [4.69, 9.17) is 5.73 Å². The number of hydrogen-bond acceptors (Lipinski definition) is 4. The van der Waals surface area contributed by atoms with E-state index in [2.05, 4.69) is 34.0 Å². The van der Waals surface area contributed by atoms with E-state index < -0.39 is 0 Å². The van der Waals surface area contributed by atoms with Gasteiger partial charge in [0.2, 0.25) is 11.9 Å². The lowest BCUT2D eigenvalue weighted by atomic mass is 10.2. The summed E-state index contributed by atoms with van der Waals surface area (Å²) < 4.78 is 0. The molecule has 1 rings (SSSR count). The fourth-order valence-corrected chi connectivity index (χ4v) is 1.32. The predicted octanol–water partition coefficient (Wildman–Crippen LogP) is 1.11. The molecule has 1 heterocycles. The van der Waals surface area contributed by atoms with Crippen LogP contribution in [-0.4, -0.2) is 22.4 Å². The first-order valence-corrected chi connectivity index (χ1v) is 6.05. The molecule has 5 nitrogen and oxygen atoms in total. The van der Waals surface area contributed by atoms with Crippen molar-refractivity contribution in [1.82, 2.24) is 15.3 Å². The SMILES string of the molecule is CCCCCC(=O)NCC#Cc1cnc(N)nc1. The molecule has 0 fully saturated rings. The Hall–Kier alpha value is -2.09. The maximum absolute atomic E-state index is 11.4. The van der Waals surface area contributed by atoms with Crippen LogP contribution in [0.4, 0.5) is 5.95 Å². The molecule has 0 aromatic carbocycles. The zero-order chi connectivity index (χ0) is 13.2. The van der Waals surface area contributed by atoms with Crippen molar-refractivity contribution in [3.63, 3.8) is 0 Å². The van der Waals surface area contributed by atoms with E-state index in [0.717, 1.165) is 19.3 Å². The second kappa shape index (κ2) is 8.07. The van der Waals surface area contributed by atoms with Gasteiger partial charge in [-0.3, -0.25) is 4.79 Å². The average molecular weight is 246 g/mol. The third-order valence-corrected chi connectivity index (χ3v) is 2.29. The van der Waals surface area contributed by atoms with E-state index in [0.29, 0.717) is 18.5 Å². The van der Waals surface area contributed by atoms with Gasteiger partial charge < -0.3 is 11.1 Å². The fourth-order valence-electron chi connectivity index (χ4n) is 1.32. The Morgan fingerprint density at radius 1 is 1.39 bits per heavy atom. The molecule has 0 saturated heterocycles. The van der Waals surface area contributed by atoms with Crippen molar-refractivity contribution in [2.75, 3.05) is 12.3 Å². The molecule has 1 aromatic rings. The molecule has 1 amide bonds. The summed E-state index contributed by atoms with van der Waals surface area (Å²) in [7, 11) is 0. The number of nitrogen functional groups attached to an aromatic ring is 1. The molecule has 0 aliphatic rings. The van der Waals surface area contributed by atoms with E-state index >= 15 is 0 Å². The molecular formula is C13H18N4O. The monoisotopic (exact) mass is 246 g/mol. The number of unbranched alkanes of at least 4 members (excludes halogenated alkanes) is 2. The normalized spacial score (nSPS) is 9.39. The Kier molecular flexibility index (Phi) is 6.26. The van der Waals surface area contributed by atoms with E-state index in [1.165, 1.54) is 0 Å². The Morgan fingerprint density at radius 2 is 2.11 bits per heavy atom. The van der Waals surface area contributed by atoms with Crippen LogP contribution in [0.1, 0.15) is 38.2 Å². The van der Waals surface area contributed by atoms with Crippen molar-refractivity contribution < 1.29 is 4.79 Å². The van der Waals surface area contributed by atoms with Gasteiger partial charge in [-0.2, -0.15) is 0 Å². The van der Waals surface area contributed by atoms with Crippen LogP contribution in [0.25, 0.3) is 0 Å². The van der Waals surface area contributed by atoms with Crippen molar-refractivity contribution in [2.24, 2.45) is 0 Å². The van der Waals surface area contributed by atoms with Gasteiger partial charge in [0.1, 0.15) is 0 Å². The highest BCUT2D eigenvalue weighted by molar-refractivity contribution is 5.76. The summed E-state index contributed by atoms with van der Waals surface area (Å²) in [4.78, 5) is 19.0. The topological polar surface area (TPSA) is 80.9 Å². The summed E-state index contributed by atoms with van der Waals surface area (Å²) >= 11 is 0. The Balaban J connectivity index is 2.25. The lowest BCUT2D eigenvalue weighted by molar-refractivity contribution is -0.120. The Morgan fingerprint density at radius 3 is 2.78 bits per heavy atom. The van der Waals surface area contributed by atoms with Gasteiger partial charge in [0.25, 0.3) is 0 Å². The molecule has 0 saturated carbocycles. The first-order chi connectivity index (χ1) is 8.72. The highest BCUT2D eigenvalue weighted by Gasteiger charge is 1.97. The maximum atomic E-state index is 11.4. The molecular weight excluding hydrogens is 228 g/mol. The number of hydrogen-bond donors (Lipinski definition) is 2. The zero-order valence-corrected chi connectivity index (χ0v) is 10.6. The smallest absolute Gasteiger partial charge is 0.220 e. The van der Waals surface area contributed by atoms with Crippen LogP contribution in [0, 0.1) is 11.8 Å². The standard InChI is InChI=1S/C13H18N4O/c1-2-3-4-7-12(18)15-8-5-6-11-9-16-13(14)17-10-11/h9-10H,2-4,7-8H2,1H3,(H,15,18)(H2,14,16,17). The van der Waals surface area contributed by atoms with Crippen LogP contribution in [0.15, 0.2) is 12.4 Å². The van der Waals surface area contributed by atoms with Crippen molar-refractivity contribution >= 4 is 11.9 Å². The molecule has 0 radical (unpaired) electrons. The molecule has 3 N–H and O–H groups in total. The number of nitrogens with two attached hydrogens (primary N) is 1. The summed E-state index contributed by atoms with van der Waals surface area (Å²) in [5.74, 6) is 5.96. The molecule has 0 atom stereocenters. The predicted molar refractivity (Wildman–Crippen MR) is 70.5 cm³/mol. The number of aromatic nitrogens is 2. The van der Waals surface area contributed by atoms with Gasteiger partial charge in [0, 0.05) is 18.8 Å². The molecule has 5 heteroatoms. The van der Waals surface area contributed by atoms with Crippen LogP contribution in [0.3, 0.4) is 0 Å². The summed E-state index contributed by atoms with van der Waals surface area (Å²) in [5, 5.41) is 2.75. The summed E-state index contributed by atoms with van der Waals surface area (Å²) in [5.41, 5.74) is 6.04. The largest absolute Gasteiger partial charge is 0.368 e. The summed E-state index contributed by atoms with van der Waals surface area (Å²) in [6.07, 6.45) is 6.81. The lowest BCUT2D eigenvalue weighted by Gasteiger charge is -1.99. The molecule has 18 heavy (non-hydrogen) atoms. The maximum Gasteiger partial charge on any atom is 0.220 e. The van der Waals surface area contributed by atoms with Crippen LogP contribution < -0.4 is 11.1 Å². The lowest BCUT2D eigenvalue weighted by Crippen LogP contribution is -2.23. The van der Waals surface area contributed by atoms with Gasteiger partial charge in [0.05, 0.1) is 12.1 Å². The highest BCUT2D eigenvalue weighted by Crippen LogP contribution is 1.98. The minimum Gasteiger partial charge on any atom is -0.368 e. The molecule has 1 aromatic heterocycles. The van der Waals surface area contributed by atoms with Crippen molar-refractivity contribution in [2.45, 2.75) is 32.6 Å². The highest BCUT2D eigenvalue weighted by atomic mass is 16.1. The minimum atomic E-state index is 0.0475. The fraction of sp³-hybridized carbons (Fsp3) is 0.462. The van der Waals surface area contributed by atoms with E-state index in [9.17, 15) is 4.79 Å². The van der Waals surface area contributed by atoms with E-state index in [-0.39, 0.29) is 11.9 Å². The molecule has 0 aliphatic heterocycles. The van der Waals surface area contributed by atoms with Crippen molar-refractivity contribution in [3.8, 4) is 11.8 Å². The third-order valence-electron chi connectivity index (χ3n) is 2.29. The van der Waals surface area contributed by atoms with Crippen LogP contribution in [-0.2, 0) is 4.79 Å².